The first-order valence-electron chi connectivity index (χ1n) is 12.8. The van der Waals surface area contributed by atoms with Crippen LogP contribution in [0.1, 0.15) is 22.0 Å². The summed E-state index contributed by atoms with van der Waals surface area (Å²) in [6, 6.07) is 14.8. The smallest absolute Gasteiger partial charge is 0.339 e. The molecule has 8 nitrogen and oxygen atoms in total. The van der Waals surface area contributed by atoms with Gasteiger partial charge in [0, 0.05) is 16.5 Å². The van der Waals surface area contributed by atoms with Crippen LogP contribution in [0.15, 0.2) is 75.9 Å². The van der Waals surface area contributed by atoms with Gasteiger partial charge in [-0.2, -0.15) is 13.2 Å². The van der Waals surface area contributed by atoms with Crippen molar-refractivity contribution in [1.82, 2.24) is 0 Å². The minimum absolute atomic E-state index is 0.00667. The predicted molar refractivity (Wildman–Crippen MR) is 152 cm³/mol. The third-order valence-corrected chi connectivity index (χ3v) is 7.10. The van der Waals surface area contributed by atoms with Gasteiger partial charge in [-0.3, -0.25) is 9.59 Å². The molecule has 0 radical (unpaired) electrons. The van der Waals surface area contributed by atoms with Crippen molar-refractivity contribution in [1.29, 1.82) is 0 Å². The first-order valence-corrected chi connectivity index (χ1v) is 12.8. The molecule has 1 heterocycles. The van der Waals surface area contributed by atoms with Gasteiger partial charge in [-0.25, -0.2) is 0 Å². The van der Waals surface area contributed by atoms with Gasteiger partial charge in [-0.1, -0.05) is 30.3 Å². The zero-order valence-corrected chi connectivity index (χ0v) is 23.4. The number of ether oxygens (including phenoxy) is 4. The summed E-state index contributed by atoms with van der Waals surface area (Å²) < 4.78 is 73.4. The molecule has 5 rings (SSSR count). The van der Waals surface area contributed by atoms with Crippen molar-refractivity contribution < 1.29 is 46.4 Å². The number of carbonyl (C=O) groups is 1. The standard InChI is InChI=1S/C32H25F3O8/c1-39-22-11-9-16(13-24(22)41-3)28-26(33)27(36)21-15-20(18-7-5-6-8-19(18)29(21)43-28)31(38)32(34,35)30(37)17-10-12-23(40-2)25(14-17)42-4/h5-15,30,37H,1-4H3. The zero-order valence-electron chi connectivity index (χ0n) is 23.4. The fraction of sp³-hybridized carbons (Fsp3) is 0.188. The molecule has 0 amide bonds. The van der Waals surface area contributed by atoms with Crippen LogP contribution in [0, 0.1) is 5.82 Å². The van der Waals surface area contributed by atoms with Crippen molar-refractivity contribution in [2.24, 2.45) is 0 Å². The minimum Gasteiger partial charge on any atom is -0.493 e. The van der Waals surface area contributed by atoms with Crippen molar-refractivity contribution in [3.8, 4) is 34.3 Å². The molecule has 222 valence electrons. The van der Waals surface area contributed by atoms with Gasteiger partial charge in [-0.15, -0.1) is 0 Å². The van der Waals surface area contributed by atoms with Gasteiger partial charge in [0.15, 0.2) is 34.9 Å². The topological polar surface area (TPSA) is 104 Å². The summed E-state index contributed by atoms with van der Waals surface area (Å²) in [5, 5.41) is 10.3. The van der Waals surface area contributed by atoms with E-state index in [4.69, 9.17) is 23.4 Å². The number of ketones is 1. The normalized spacial score (nSPS) is 12.3. The first-order chi connectivity index (χ1) is 20.6. The molecular weight excluding hydrogens is 569 g/mol. The molecule has 1 N–H and O–H groups in total. The Morgan fingerprint density at radius 1 is 0.791 bits per heavy atom. The summed E-state index contributed by atoms with van der Waals surface area (Å²) in [5.41, 5.74) is -2.05. The van der Waals surface area contributed by atoms with Crippen LogP contribution in [0.3, 0.4) is 0 Å². The first kappa shape index (κ1) is 29.5. The van der Waals surface area contributed by atoms with Gasteiger partial charge >= 0.3 is 5.92 Å². The zero-order chi connectivity index (χ0) is 31.1. The summed E-state index contributed by atoms with van der Waals surface area (Å²) in [6.45, 7) is 0. The van der Waals surface area contributed by atoms with Crippen LogP contribution < -0.4 is 24.4 Å². The minimum atomic E-state index is -4.37. The lowest BCUT2D eigenvalue weighted by Gasteiger charge is -2.23. The lowest BCUT2D eigenvalue weighted by molar-refractivity contribution is -0.0792. The molecule has 0 aliphatic rings. The average molecular weight is 595 g/mol. The number of rotatable bonds is 9. The molecule has 1 aromatic heterocycles. The lowest BCUT2D eigenvalue weighted by Crippen LogP contribution is -2.36. The highest BCUT2D eigenvalue weighted by molar-refractivity contribution is 6.18. The van der Waals surface area contributed by atoms with E-state index in [0.717, 1.165) is 12.1 Å². The quantitative estimate of drug-likeness (QED) is 0.156. The number of hydrogen-bond acceptors (Lipinski definition) is 8. The molecule has 0 fully saturated rings. The van der Waals surface area contributed by atoms with Crippen LogP contribution >= 0.6 is 0 Å². The molecule has 5 aromatic rings. The van der Waals surface area contributed by atoms with E-state index in [1.165, 1.54) is 77.0 Å². The van der Waals surface area contributed by atoms with Crippen LogP contribution in [-0.4, -0.2) is 45.3 Å². The van der Waals surface area contributed by atoms with E-state index in [-0.39, 0.29) is 44.7 Å². The van der Waals surface area contributed by atoms with E-state index in [0.29, 0.717) is 5.75 Å². The van der Waals surface area contributed by atoms with Crippen molar-refractivity contribution in [2.45, 2.75) is 12.0 Å². The number of benzene rings is 4. The second kappa shape index (κ2) is 11.3. The molecule has 43 heavy (non-hydrogen) atoms. The summed E-state index contributed by atoms with van der Waals surface area (Å²) >= 11 is 0. The number of alkyl halides is 2. The Morgan fingerprint density at radius 2 is 1.37 bits per heavy atom. The molecule has 0 aliphatic carbocycles. The number of halogens is 3. The number of fused-ring (bicyclic) bond motifs is 3. The Morgan fingerprint density at radius 3 is 2.00 bits per heavy atom. The average Bonchev–Trinajstić information content (AvgIpc) is 3.04. The summed E-state index contributed by atoms with van der Waals surface area (Å²) in [7, 11) is 5.46. The second-order valence-corrected chi connectivity index (χ2v) is 9.46. The number of methoxy groups -OCH3 is 4. The Hall–Kier alpha value is -5.03. The van der Waals surface area contributed by atoms with Gasteiger partial charge in [0.25, 0.3) is 0 Å². The molecule has 1 unspecified atom stereocenters. The van der Waals surface area contributed by atoms with Gasteiger partial charge in [-0.05, 0) is 47.3 Å². The monoisotopic (exact) mass is 594 g/mol. The number of aliphatic hydroxyl groups excluding tert-OH is 1. The molecule has 0 spiro atoms. The maximum atomic E-state index is 15.7. The van der Waals surface area contributed by atoms with Crippen LogP contribution in [0.4, 0.5) is 13.2 Å². The summed E-state index contributed by atoms with van der Waals surface area (Å²) in [6.07, 6.45) is -2.59. The molecule has 4 aromatic carbocycles. The van der Waals surface area contributed by atoms with Crippen LogP contribution in [0.25, 0.3) is 33.1 Å². The number of aliphatic hydroxyl groups is 1. The van der Waals surface area contributed by atoms with Crippen LogP contribution in [-0.2, 0) is 0 Å². The van der Waals surface area contributed by atoms with Crippen LogP contribution in [0.5, 0.6) is 23.0 Å². The Kier molecular flexibility index (Phi) is 7.76. The highest BCUT2D eigenvalue weighted by atomic mass is 19.3. The van der Waals surface area contributed by atoms with Gasteiger partial charge in [0.2, 0.25) is 17.0 Å². The molecule has 1 atom stereocenters. The van der Waals surface area contributed by atoms with Crippen molar-refractivity contribution >= 4 is 27.5 Å². The van der Waals surface area contributed by atoms with E-state index < -0.39 is 45.8 Å². The largest absolute Gasteiger partial charge is 0.493 e. The van der Waals surface area contributed by atoms with Gasteiger partial charge in [0.1, 0.15) is 5.58 Å². The third-order valence-electron chi connectivity index (χ3n) is 7.10. The number of hydrogen-bond donors (Lipinski definition) is 1. The van der Waals surface area contributed by atoms with E-state index >= 15 is 13.2 Å². The van der Waals surface area contributed by atoms with Crippen LogP contribution in [0.2, 0.25) is 0 Å². The maximum Gasteiger partial charge on any atom is 0.339 e. The lowest BCUT2D eigenvalue weighted by atomic mass is 9.91. The molecular formula is C32H25F3O8. The number of carbonyl (C=O) groups excluding carboxylic acids is 1. The summed E-state index contributed by atoms with van der Waals surface area (Å²) in [4.78, 5) is 26.7. The Balaban J connectivity index is 1.68. The molecule has 0 saturated carbocycles. The molecule has 11 heteroatoms. The van der Waals surface area contributed by atoms with Crippen molar-refractivity contribution in [3.63, 3.8) is 0 Å². The van der Waals surface area contributed by atoms with Crippen molar-refractivity contribution in [3.05, 3.63) is 93.9 Å². The van der Waals surface area contributed by atoms with Gasteiger partial charge < -0.3 is 28.5 Å². The molecule has 0 bridgehead atoms. The van der Waals surface area contributed by atoms with E-state index in [1.54, 1.807) is 6.07 Å². The Labute approximate surface area is 242 Å². The number of Topliss-reactive ketones (excluding diaryl/α,β-unsaturated/α-hetero) is 1. The van der Waals surface area contributed by atoms with E-state index in [1.807, 2.05) is 0 Å². The second-order valence-electron chi connectivity index (χ2n) is 9.46. The third kappa shape index (κ3) is 4.91. The SMILES string of the molecule is COc1ccc(-c2oc3c(cc(C(=O)C(F)(F)C(O)c4ccc(OC)c(OC)c4)c4ccccc43)c(=O)c2F)cc1OC. The molecule has 0 aliphatic heterocycles. The molecule has 0 saturated heterocycles. The fourth-order valence-corrected chi connectivity index (χ4v) is 4.88. The van der Waals surface area contributed by atoms with E-state index in [9.17, 15) is 14.7 Å². The van der Waals surface area contributed by atoms with Crippen molar-refractivity contribution in [2.75, 3.05) is 28.4 Å². The Bertz CT molecular complexity index is 1930. The summed E-state index contributed by atoms with van der Waals surface area (Å²) in [5.74, 6) is -6.96. The fourth-order valence-electron chi connectivity index (χ4n) is 4.88. The predicted octanol–water partition coefficient (Wildman–Crippen LogP) is 6.34. The van der Waals surface area contributed by atoms with Gasteiger partial charge in [0.05, 0.1) is 33.8 Å². The highest BCUT2D eigenvalue weighted by Crippen LogP contribution is 2.41. The van der Waals surface area contributed by atoms with E-state index in [2.05, 4.69) is 0 Å². The maximum absolute atomic E-state index is 15.7. The highest BCUT2D eigenvalue weighted by Gasteiger charge is 2.48.